The van der Waals surface area contributed by atoms with Crippen LogP contribution < -0.4 is 5.32 Å². The Morgan fingerprint density at radius 1 is 0.903 bits per heavy atom. The molecule has 0 bridgehead atoms. The Labute approximate surface area is 181 Å². The molecule has 31 heavy (non-hydrogen) atoms. The van der Waals surface area contributed by atoms with Gasteiger partial charge >= 0.3 is 5.97 Å². The van der Waals surface area contributed by atoms with Crippen molar-refractivity contribution in [2.75, 3.05) is 0 Å². The Bertz CT molecular complexity index is 1180. The second-order valence-corrected chi connectivity index (χ2v) is 7.49. The maximum absolute atomic E-state index is 12.8. The molecule has 0 radical (unpaired) electrons. The van der Waals surface area contributed by atoms with Gasteiger partial charge in [0.05, 0.1) is 0 Å². The minimum absolute atomic E-state index is 0.151. The summed E-state index contributed by atoms with van der Waals surface area (Å²) in [5.41, 5.74) is 5.08. The van der Waals surface area contributed by atoms with E-state index in [9.17, 15) is 9.59 Å². The van der Waals surface area contributed by atoms with Crippen molar-refractivity contribution in [3.8, 4) is 11.1 Å². The summed E-state index contributed by atoms with van der Waals surface area (Å²) < 4.78 is 5.53. The summed E-state index contributed by atoms with van der Waals surface area (Å²) in [7, 11) is 0. The highest BCUT2D eigenvalue weighted by Crippen LogP contribution is 2.21. The van der Waals surface area contributed by atoms with Crippen LogP contribution in [0.25, 0.3) is 22.0 Å². The van der Waals surface area contributed by atoms with Gasteiger partial charge in [-0.3, -0.25) is 4.79 Å². The fourth-order valence-corrected chi connectivity index (χ4v) is 3.64. The molecule has 2 N–H and O–H groups in total. The highest BCUT2D eigenvalue weighted by Gasteiger charge is 2.23. The molecule has 4 aromatic rings. The number of aromatic amines is 1. The minimum atomic E-state index is -0.750. The molecular weight excluding hydrogens is 388 g/mol. The molecule has 1 unspecified atom stereocenters. The summed E-state index contributed by atoms with van der Waals surface area (Å²) >= 11 is 0. The molecule has 0 spiro atoms. The SMILES string of the molecule is CC(=O)NC(Cc1c[nH]c2ccccc12)C(=O)OCc1ccc(-c2ccccc2)cc1. The highest BCUT2D eigenvalue weighted by molar-refractivity contribution is 5.86. The number of esters is 1. The number of rotatable bonds is 7. The average Bonchev–Trinajstić information content (AvgIpc) is 3.20. The fourth-order valence-electron chi connectivity index (χ4n) is 3.64. The lowest BCUT2D eigenvalue weighted by Gasteiger charge is -2.17. The number of hydrogen-bond donors (Lipinski definition) is 2. The third-order valence-corrected chi connectivity index (χ3v) is 5.20. The molecule has 0 aliphatic rings. The quantitative estimate of drug-likeness (QED) is 0.435. The molecule has 5 heteroatoms. The number of H-pyrrole nitrogens is 1. The van der Waals surface area contributed by atoms with E-state index < -0.39 is 12.0 Å². The molecule has 0 aliphatic carbocycles. The molecule has 1 amide bonds. The van der Waals surface area contributed by atoms with Crippen molar-refractivity contribution in [3.05, 3.63) is 96.2 Å². The molecule has 0 fully saturated rings. The maximum Gasteiger partial charge on any atom is 0.329 e. The van der Waals surface area contributed by atoms with Gasteiger partial charge in [0.1, 0.15) is 12.6 Å². The van der Waals surface area contributed by atoms with Gasteiger partial charge in [0.25, 0.3) is 0 Å². The Morgan fingerprint density at radius 3 is 2.32 bits per heavy atom. The van der Waals surface area contributed by atoms with Crippen LogP contribution in [0, 0.1) is 0 Å². The third-order valence-electron chi connectivity index (χ3n) is 5.20. The average molecular weight is 412 g/mol. The largest absolute Gasteiger partial charge is 0.459 e. The van der Waals surface area contributed by atoms with Crippen LogP contribution in [-0.2, 0) is 27.4 Å². The summed E-state index contributed by atoms with van der Waals surface area (Å²) in [6, 6.07) is 25.1. The minimum Gasteiger partial charge on any atom is -0.459 e. The summed E-state index contributed by atoms with van der Waals surface area (Å²) in [5.74, 6) is -0.721. The van der Waals surface area contributed by atoms with Crippen molar-refractivity contribution in [2.45, 2.75) is 26.0 Å². The van der Waals surface area contributed by atoms with Gasteiger partial charge in [-0.05, 0) is 28.3 Å². The highest BCUT2D eigenvalue weighted by atomic mass is 16.5. The Kier molecular flexibility index (Phi) is 6.13. The van der Waals surface area contributed by atoms with Gasteiger partial charge in [-0.1, -0.05) is 72.8 Å². The zero-order chi connectivity index (χ0) is 21.6. The second kappa shape index (κ2) is 9.30. The molecule has 1 aromatic heterocycles. The van der Waals surface area contributed by atoms with Crippen molar-refractivity contribution < 1.29 is 14.3 Å². The number of ether oxygens (including phenoxy) is 1. The fraction of sp³-hybridized carbons (Fsp3) is 0.154. The first-order chi connectivity index (χ1) is 15.1. The number of nitrogens with one attached hydrogen (secondary N) is 2. The first kappa shape index (κ1) is 20.4. The van der Waals surface area contributed by atoms with Crippen molar-refractivity contribution in [1.29, 1.82) is 0 Å². The number of fused-ring (bicyclic) bond motifs is 1. The summed E-state index contributed by atoms with van der Waals surface area (Å²) in [4.78, 5) is 27.6. The van der Waals surface area contributed by atoms with Crippen molar-refractivity contribution >= 4 is 22.8 Å². The summed E-state index contributed by atoms with van der Waals surface area (Å²) in [6.07, 6.45) is 2.23. The van der Waals surface area contributed by atoms with Crippen molar-refractivity contribution in [2.24, 2.45) is 0 Å². The van der Waals surface area contributed by atoms with Gasteiger partial charge in [0.15, 0.2) is 0 Å². The number of para-hydroxylation sites is 1. The zero-order valence-corrected chi connectivity index (χ0v) is 17.3. The van der Waals surface area contributed by atoms with Gasteiger partial charge in [-0.2, -0.15) is 0 Å². The molecule has 4 rings (SSSR count). The van der Waals surface area contributed by atoms with Crippen LogP contribution >= 0.6 is 0 Å². The molecule has 5 nitrogen and oxygen atoms in total. The molecular formula is C26H24N2O3. The van der Waals surface area contributed by atoms with Crippen LogP contribution in [-0.4, -0.2) is 22.9 Å². The summed E-state index contributed by atoms with van der Waals surface area (Å²) in [5, 5.41) is 3.75. The van der Waals surface area contributed by atoms with E-state index in [0.717, 1.165) is 33.2 Å². The van der Waals surface area contributed by atoms with E-state index in [1.165, 1.54) is 6.92 Å². The third kappa shape index (κ3) is 5.01. The van der Waals surface area contributed by atoms with E-state index >= 15 is 0 Å². The van der Waals surface area contributed by atoms with E-state index in [1.807, 2.05) is 72.9 Å². The number of aromatic nitrogens is 1. The van der Waals surface area contributed by atoms with E-state index in [2.05, 4.69) is 22.4 Å². The smallest absolute Gasteiger partial charge is 0.329 e. The van der Waals surface area contributed by atoms with Crippen LogP contribution in [0.4, 0.5) is 0 Å². The van der Waals surface area contributed by atoms with Crippen LogP contribution in [0.1, 0.15) is 18.1 Å². The maximum atomic E-state index is 12.8. The van der Waals surface area contributed by atoms with Crippen LogP contribution in [0.3, 0.4) is 0 Å². The lowest BCUT2D eigenvalue weighted by molar-refractivity contribution is -0.149. The molecule has 1 heterocycles. The lowest BCUT2D eigenvalue weighted by Crippen LogP contribution is -2.42. The predicted molar refractivity (Wildman–Crippen MR) is 121 cm³/mol. The van der Waals surface area contributed by atoms with Gasteiger partial charge in [0.2, 0.25) is 5.91 Å². The molecule has 3 aromatic carbocycles. The first-order valence-corrected chi connectivity index (χ1v) is 10.2. The van der Waals surface area contributed by atoms with Crippen LogP contribution in [0.15, 0.2) is 85.1 Å². The van der Waals surface area contributed by atoms with E-state index in [4.69, 9.17) is 4.74 Å². The van der Waals surface area contributed by atoms with Crippen LogP contribution in [0.2, 0.25) is 0 Å². The zero-order valence-electron chi connectivity index (χ0n) is 17.3. The van der Waals surface area contributed by atoms with E-state index in [0.29, 0.717) is 6.42 Å². The van der Waals surface area contributed by atoms with Gasteiger partial charge < -0.3 is 15.0 Å². The normalized spacial score (nSPS) is 11.8. The Morgan fingerprint density at radius 2 is 1.58 bits per heavy atom. The van der Waals surface area contributed by atoms with E-state index in [-0.39, 0.29) is 12.5 Å². The topological polar surface area (TPSA) is 71.2 Å². The molecule has 0 saturated heterocycles. The van der Waals surface area contributed by atoms with E-state index in [1.54, 1.807) is 0 Å². The number of carbonyl (C=O) groups excluding carboxylic acids is 2. The van der Waals surface area contributed by atoms with Crippen LogP contribution in [0.5, 0.6) is 0 Å². The molecule has 0 saturated carbocycles. The summed E-state index contributed by atoms with van der Waals surface area (Å²) in [6.45, 7) is 1.55. The molecule has 1 atom stereocenters. The predicted octanol–water partition coefficient (Wildman–Crippen LogP) is 4.63. The van der Waals surface area contributed by atoms with Gasteiger partial charge in [0, 0.05) is 30.4 Å². The number of amides is 1. The van der Waals surface area contributed by atoms with Gasteiger partial charge in [-0.25, -0.2) is 4.79 Å². The number of benzene rings is 3. The second-order valence-electron chi connectivity index (χ2n) is 7.49. The lowest BCUT2D eigenvalue weighted by atomic mass is 10.0. The molecule has 0 aliphatic heterocycles. The Hall–Kier alpha value is -3.86. The first-order valence-electron chi connectivity index (χ1n) is 10.2. The number of carbonyl (C=O) groups is 2. The Balaban J connectivity index is 1.42. The van der Waals surface area contributed by atoms with Crippen molar-refractivity contribution in [1.82, 2.24) is 10.3 Å². The monoisotopic (exact) mass is 412 g/mol. The van der Waals surface area contributed by atoms with Gasteiger partial charge in [-0.15, -0.1) is 0 Å². The van der Waals surface area contributed by atoms with Crippen molar-refractivity contribution in [3.63, 3.8) is 0 Å². The standard InChI is InChI=1S/C26H24N2O3/c1-18(29)28-25(15-22-16-27-24-10-6-5-9-23(22)24)26(30)31-17-19-11-13-21(14-12-19)20-7-3-2-4-8-20/h2-14,16,25,27H,15,17H2,1H3,(H,28,29). The molecule has 156 valence electrons. The number of hydrogen-bond acceptors (Lipinski definition) is 3.